The topological polar surface area (TPSA) is 38.9 Å². The smallest absolute Gasteiger partial charge is 0.0318 e. The van der Waals surface area contributed by atoms with Crippen LogP contribution in [-0.4, -0.2) is 4.98 Å². The van der Waals surface area contributed by atoms with Gasteiger partial charge in [0.2, 0.25) is 0 Å². The Labute approximate surface area is 83.4 Å². The van der Waals surface area contributed by atoms with Crippen molar-refractivity contribution < 1.29 is 0 Å². The summed E-state index contributed by atoms with van der Waals surface area (Å²) in [6.45, 7) is 0.526. The van der Waals surface area contributed by atoms with Crippen molar-refractivity contribution in [2.24, 2.45) is 5.73 Å². The van der Waals surface area contributed by atoms with Gasteiger partial charge in [-0.05, 0) is 22.8 Å². The zero-order chi connectivity index (χ0) is 9.80. The summed E-state index contributed by atoms with van der Waals surface area (Å²) in [5, 5.41) is 0. The highest BCUT2D eigenvalue weighted by Crippen LogP contribution is 2.21. The van der Waals surface area contributed by atoms with E-state index in [0.717, 1.165) is 5.56 Å². The van der Waals surface area contributed by atoms with Crippen LogP contribution in [-0.2, 0) is 6.54 Å². The van der Waals surface area contributed by atoms with Crippen molar-refractivity contribution in [2.75, 3.05) is 0 Å². The molecule has 0 amide bonds. The highest BCUT2D eigenvalue weighted by molar-refractivity contribution is 5.66. The fraction of sp³-hybridized carbons (Fsp3) is 0.0833. The Morgan fingerprint density at radius 1 is 1.07 bits per heavy atom. The normalized spacial score (nSPS) is 10.1. The Kier molecular flexibility index (Phi) is 2.56. The molecule has 0 bridgehead atoms. The predicted octanol–water partition coefficient (Wildman–Crippen LogP) is 2.21. The zero-order valence-corrected chi connectivity index (χ0v) is 7.85. The summed E-state index contributed by atoms with van der Waals surface area (Å²) >= 11 is 0. The van der Waals surface area contributed by atoms with Crippen LogP contribution in [0.3, 0.4) is 0 Å². The molecular weight excluding hydrogens is 172 g/mol. The molecule has 0 saturated heterocycles. The Hall–Kier alpha value is -1.67. The van der Waals surface area contributed by atoms with Crippen LogP contribution in [0.5, 0.6) is 0 Å². The van der Waals surface area contributed by atoms with E-state index in [0.29, 0.717) is 6.54 Å². The number of aromatic nitrogens is 1. The second kappa shape index (κ2) is 4.03. The standard InChI is InChI=1S/C12H12N2/c13-8-11-9-14-7-6-12(11)10-4-2-1-3-5-10/h1-7,9H,8,13H2. The highest BCUT2D eigenvalue weighted by Gasteiger charge is 2.01. The van der Waals surface area contributed by atoms with Crippen LogP contribution in [0.4, 0.5) is 0 Å². The van der Waals surface area contributed by atoms with E-state index in [1.54, 1.807) is 6.20 Å². The van der Waals surface area contributed by atoms with Crippen LogP contribution in [0, 0.1) is 0 Å². The molecule has 0 unspecified atom stereocenters. The van der Waals surface area contributed by atoms with Gasteiger partial charge in [0.15, 0.2) is 0 Å². The molecule has 1 aromatic heterocycles. The molecule has 0 atom stereocenters. The maximum absolute atomic E-state index is 5.65. The number of benzene rings is 1. The van der Waals surface area contributed by atoms with Gasteiger partial charge in [0, 0.05) is 18.9 Å². The highest BCUT2D eigenvalue weighted by atomic mass is 14.6. The van der Waals surface area contributed by atoms with E-state index in [9.17, 15) is 0 Å². The molecule has 2 nitrogen and oxygen atoms in total. The van der Waals surface area contributed by atoms with Gasteiger partial charge >= 0.3 is 0 Å². The molecule has 2 N–H and O–H groups in total. The first-order chi connectivity index (χ1) is 6.92. The summed E-state index contributed by atoms with van der Waals surface area (Å²) in [4.78, 5) is 4.06. The van der Waals surface area contributed by atoms with E-state index in [1.807, 2.05) is 30.5 Å². The average molecular weight is 184 g/mol. The largest absolute Gasteiger partial charge is 0.326 e. The number of pyridine rings is 1. The van der Waals surface area contributed by atoms with Gasteiger partial charge in [-0.3, -0.25) is 4.98 Å². The predicted molar refractivity (Wildman–Crippen MR) is 57.6 cm³/mol. The van der Waals surface area contributed by atoms with Gasteiger partial charge in [0.1, 0.15) is 0 Å². The van der Waals surface area contributed by atoms with Gasteiger partial charge < -0.3 is 5.73 Å². The summed E-state index contributed by atoms with van der Waals surface area (Å²) in [6, 6.07) is 12.2. The second-order valence-corrected chi connectivity index (χ2v) is 3.10. The maximum atomic E-state index is 5.65. The molecule has 0 aliphatic rings. The van der Waals surface area contributed by atoms with Crippen LogP contribution in [0.25, 0.3) is 11.1 Å². The lowest BCUT2D eigenvalue weighted by Crippen LogP contribution is -1.99. The molecule has 2 heteroatoms. The lowest BCUT2D eigenvalue weighted by atomic mass is 10.0. The van der Waals surface area contributed by atoms with Gasteiger partial charge in [-0.15, -0.1) is 0 Å². The number of hydrogen-bond acceptors (Lipinski definition) is 2. The van der Waals surface area contributed by atoms with Crippen molar-refractivity contribution in [3.05, 3.63) is 54.4 Å². The molecule has 0 aliphatic heterocycles. The van der Waals surface area contributed by atoms with Gasteiger partial charge in [0.25, 0.3) is 0 Å². The molecule has 0 fully saturated rings. The fourth-order valence-electron chi connectivity index (χ4n) is 1.49. The van der Waals surface area contributed by atoms with Crippen molar-refractivity contribution in [3.8, 4) is 11.1 Å². The van der Waals surface area contributed by atoms with E-state index in [-0.39, 0.29) is 0 Å². The number of rotatable bonds is 2. The molecule has 2 aromatic rings. The van der Waals surface area contributed by atoms with Gasteiger partial charge in [-0.25, -0.2) is 0 Å². The lowest BCUT2D eigenvalue weighted by Gasteiger charge is -2.06. The van der Waals surface area contributed by atoms with Crippen molar-refractivity contribution in [1.29, 1.82) is 0 Å². The molecule has 1 heterocycles. The third kappa shape index (κ3) is 1.65. The monoisotopic (exact) mass is 184 g/mol. The number of nitrogens with two attached hydrogens (primary N) is 1. The molecular formula is C12H12N2. The summed E-state index contributed by atoms with van der Waals surface area (Å²) in [6.07, 6.45) is 3.61. The summed E-state index contributed by atoms with van der Waals surface area (Å²) in [5.41, 5.74) is 9.09. The molecule has 0 aliphatic carbocycles. The summed E-state index contributed by atoms with van der Waals surface area (Å²) in [7, 11) is 0. The van der Waals surface area contributed by atoms with Gasteiger partial charge in [0.05, 0.1) is 0 Å². The molecule has 70 valence electrons. The number of hydrogen-bond donors (Lipinski definition) is 1. The molecule has 0 spiro atoms. The SMILES string of the molecule is NCc1cnccc1-c1ccccc1. The van der Waals surface area contributed by atoms with Crippen molar-refractivity contribution >= 4 is 0 Å². The van der Waals surface area contributed by atoms with Crippen molar-refractivity contribution in [1.82, 2.24) is 4.98 Å². The molecule has 14 heavy (non-hydrogen) atoms. The molecule has 0 radical (unpaired) electrons. The zero-order valence-electron chi connectivity index (χ0n) is 7.85. The van der Waals surface area contributed by atoms with Crippen molar-refractivity contribution in [3.63, 3.8) is 0 Å². The van der Waals surface area contributed by atoms with Crippen LogP contribution < -0.4 is 5.73 Å². The first-order valence-electron chi connectivity index (χ1n) is 4.60. The minimum absolute atomic E-state index is 0.526. The third-order valence-corrected chi connectivity index (χ3v) is 2.21. The maximum Gasteiger partial charge on any atom is 0.0318 e. The Morgan fingerprint density at radius 3 is 2.57 bits per heavy atom. The lowest BCUT2D eigenvalue weighted by molar-refractivity contribution is 1.05. The molecule has 2 rings (SSSR count). The Morgan fingerprint density at radius 2 is 1.86 bits per heavy atom. The van der Waals surface area contributed by atoms with Gasteiger partial charge in [-0.1, -0.05) is 30.3 Å². The quantitative estimate of drug-likeness (QED) is 0.777. The minimum Gasteiger partial charge on any atom is -0.326 e. The van der Waals surface area contributed by atoms with E-state index in [1.165, 1.54) is 11.1 Å². The minimum atomic E-state index is 0.526. The first-order valence-corrected chi connectivity index (χ1v) is 4.60. The van der Waals surface area contributed by atoms with E-state index in [2.05, 4.69) is 17.1 Å². The van der Waals surface area contributed by atoms with Crippen LogP contribution in [0.1, 0.15) is 5.56 Å². The van der Waals surface area contributed by atoms with Crippen LogP contribution in [0.15, 0.2) is 48.8 Å². The van der Waals surface area contributed by atoms with E-state index >= 15 is 0 Å². The Bertz CT molecular complexity index is 410. The number of nitrogens with zero attached hydrogens (tertiary/aromatic N) is 1. The van der Waals surface area contributed by atoms with Crippen molar-refractivity contribution in [2.45, 2.75) is 6.54 Å². The second-order valence-electron chi connectivity index (χ2n) is 3.10. The summed E-state index contributed by atoms with van der Waals surface area (Å²) < 4.78 is 0. The van der Waals surface area contributed by atoms with Gasteiger partial charge in [-0.2, -0.15) is 0 Å². The average Bonchev–Trinajstić information content (AvgIpc) is 2.30. The van der Waals surface area contributed by atoms with E-state index in [4.69, 9.17) is 5.73 Å². The third-order valence-electron chi connectivity index (χ3n) is 2.21. The van der Waals surface area contributed by atoms with Crippen LogP contribution >= 0.6 is 0 Å². The molecule has 1 aromatic carbocycles. The first kappa shape index (κ1) is 8.91. The van der Waals surface area contributed by atoms with E-state index < -0.39 is 0 Å². The van der Waals surface area contributed by atoms with Crippen LogP contribution in [0.2, 0.25) is 0 Å². The molecule has 0 saturated carbocycles. The Balaban J connectivity index is 2.51. The fourth-order valence-corrected chi connectivity index (χ4v) is 1.49. The summed E-state index contributed by atoms with van der Waals surface area (Å²) in [5.74, 6) is 0.